The third-order valence-electron chi connectivity index (χ3n) is 3.45. The molecule has 0 fully saturated rings. The Morgan fingerprint density at radius 1 is 1.25 bits per heavy atom. The summed E-state index contributed by atoms with van der Waals surface area (Å²) in [6, 6.07) is 4.48. The number of nitrogens with zero attached hydrogens (tertiary/aromatic N) is 4. The Kier molecular flexibility index (Phi) is 5.24. The van der Waals surface area contributed by atoms with Crippen LogP contribution in [0.25, 0.3) is 0 Å². The molecular formula is C15H23N5. The second kappa shape index (κ2) is 7.14. The van der Waals surface area contributed by atoms with Gasteiger partial charge in [0.15, 0.2) is 0 Å². The summed E-state index contributed by atoms with van der Waals surface area (Å²) in [6.45, 7) is 8.22. The summed E-state index contributed by atoms with van der Waals surface area (Å²) in [5.41, 5.74) is 3.60. The van der Waals surface area contributed by atoms with Crippen molar-refractivity contribution < 1.29 is 0 Å². The monoisotopic (exact) mass is 273 g/mol. The minimum absolute atomic E-state index is 0.252. The number of aromatic nitrogens is 4. The fourth-order valence-electron chi connectivity index (χ4n) is 2.40. The first-order valence-corrected chi connectivity index (χ1v) is 7.34. The first-order chi connectivity index (χ1) is 9.78. The highest BCUT2D eigenvalue weighted by Crippen LogP contribution is 2.18. The summed E-state index contributed by atoms with van der Waals surface area (Å²) in [4.78, 5) is 0. The predicted octanol–water partition coefficient (Wildman–Crippen LogP) is 2.15. The number of hydrogen-bond donors (Lipinski definition) is 1. The third kappa shape index (κ3) is 3.42. The minimum atomic E-state index is 0.252. The molecule has 0 bridgehead atoms. The van der Waals surface area contributed by atoms with E-state index in [0.29, 0.717) is 0 Å². The molecule has 5 nitrogen and oxygen atoms in total. The van der Waals surface area contributed by atoms with E-state index in [4.69, 9.17) is 0 Å². The van der Waals surface area contributed by atoms with Crippen LogP contribution in [0.4, 0.5) is 0 Å². The molecule has 2 rings (SSSR count). The SMILES string of the molecule is CCNC(Cc1cc(CC)nn1CC)c1ccnnc1. The molecule has 0 saturated carbocycles. The standard InChI is InChI=1S/C15H23N5/c1-4-13-9-14(20(6-3)19-13)10-15(16-5-2)12-7-8-17-18-11-12/h7-9,11,15-16H,4-6,10H2,1-3H3. The normalized spacial score (nSPS) is 12.6. The zero-order valence-electron chi connectivity index (χ0n) is 12.5. The zero-order chi connectivity index (χ0) is 14.4. The van der Waals surface area contributed by atoms with Crippen molar-refractivity contribution in [2.45, 2.75) is 46.2 Å². The van der Waals surface area contributed by atoms with Gasteiger partial charge in [0.2, 0.25) is 0 Å². The molecule has 2 aromatic rings. The second-order valence-corrected chi connectivity index (χ2v) is 4.79. The van der Waals surface area contributed by atoms with E-state index in [1.165, 1.54) is 11.3 Å². The van der Waals surface area contributed by atoms with Crippen LogP contribution in [0.5, 0.6) is 0 Å². The lowest BCUT2D eigenvalue weighted by Crippen LogP contribution is -2.24. The van der Waals surface area contributed by atoms with Gasteiger partial charge in [0.25, 0.3) is 0 Å². The molecular weight excluding hydrogens is 250 g/mol. The van der Waals surface area contributed by atoms with Crippen molar-refractivity contribution in [3.8, 4) is 0 Å². The first kappa shape index (κ1) is 14.7. The highest BCUT2D eigenvalue weighted by atomic mass is 15.3. The summed E-state index contributed by atoms with van der Waals surface area (Å²) < 4.78 is 2.10. The van der Waals surface area contributed by atoms with Crippen molar-refractivity contribution in [2.24, 2.45) is 0 Å². The van der Waals surface area contributed by atoms with Gasteiger partial charge in [-0.15, -0.1) is 0 Å². The zero-order valence-corrected chi connectivity index (χ0v) is 12.5. The second-order valence-electron chi connectivity index (χ2n) is 4.79. The number of nitrogens with one attached hydrogen (secondary N) is 1. The van der Waals surface area contributed by atoms with Gasteiger partial charge >= 0.3 is 0 Å². The van der Waals surface area contributed by atoms with Gasteiger partial charge in [-0.2, -0.15) is 15.3 Å². The van der Waals surface area contributed by atoms with Crippen LogP contribution in [0.2, 0.25) is 0 Å². The van der Waals surface area contributed by atoms with E-state index in [1.54, 1.807) is 6.20 Å². The van der Waals surface area contributed by atoms with Gasteiger partial charge < -0.3 is 5.32 Å². The summed E-state index contributed by atoms with van der Waals surface area (Å²) in [5.74, 6) is 0. The van der Waals surface area contributed by atoms with E-state index < -0.39 is 0 Å². The molecule has 0 spiro atoms. The van der Waals surface area contributed by atoms with Crippen LogP contribution in [0.15, 0.2) is 24.5 Å². The van der Waals surface area contributed by atoms with Crippen molar-refractivity contribution >= 4 is 0 Å². The topological polar surface area (TPSA) is 55.6 Å². The number of likely N-dealkylation sites (N-methyl/N-ethyl adjacent to an activating group) is 1. The van der Waals surface area contributed by atoms with Gasteiger partial charge in [0.05, 0.1) is 11.9 Å². The fourth-order valence-corrected chi connectivity index (χ4v) is 2.40. The molecule has 0 aromatic carbocycles. The molecule has 0 aliphatic rings. The predicted molar refractivity (Wildman–Crippen MR) is 79.4 cm³/mol. The van der Waals surface area contributed by atoms with E-state index >= 15 is 0 Å². The van der Waals surface area contributed by atoms with Crippen LogP contribution in [0, 0.1) is 0 Å². The summed E-state index contributed by atoms with van der Waals surface area (Å²) >= 11 is 0. The quantitative estimate of drug-likeness (QED) is 0.840. The maximum absolute atomic E-state index is 4.61. The first-order valence-electron chi connectivity index (χ1n) is 7.34. The van der Waals surface area contributed by atoms with Gasteiger partial charge in [-0.3, -0.25) is 4.68 Å². The lowest BCUT2D eigenvalue weighted by atomic mass is 10.0. The maximum atomic E-state index is 4.61. The molecule has 0 saturated heterocycles. The van der Waals surface area contributed by atoms with E-state index in [9.17, 15) is 0 Å². The van der Waals surface area contributed by atoms with Gasteiger partial charge in [-0.25, -0.2) is 0 Å². The molecule has 1 N–H and O–H groups in total. The van der Waals surface area contributed by atoms with Gasteiger partial charge in [0.1, 0.15) is 0 Å². The fraction of sp³-hybridized carbons (Fsp3) is 0.533. The van der Waals surface area contributed by atoms with Crippen LogP contribution in [0.3, 0.4) is 0 Å². The number of rotatable bonds is 7. The Bertz CT molecular complexity index is 520. The highest BCUT2D eigenvalue weighted by Gasteiger charge is 2.15. The van der Waals surface area contributed by atoms with Crippen LogP contribution in [-0.4, -0.2) is 26.5 Å². The lowest BCUT2D eigenvalue weighted by Gasteiger charge is -2.18. The van der Waals surface area contributed by atoms with Crippen molar-refractivity contribution in [1.82, 2.24) is 25.3 Å². The molecule has 0 aliphatic heterocycles. The molecule has 2 aromatic heterocycles. The van der Waals surface area contributed by atoms with Crippen LogP contribution >= 0.6 is 0 Å². The van der Waals surface area contributed by atoms with Gasteiger partial charge in [0, 0.05) is 30.9 Å². The molecule has 20 heavy (non-hydrogen) atoms. The molecule has 108 valence electrons. The number of hydrogen-bond acceptors (Lipinski definition) is 4. The van der Waals surface area contributed by atoms with Crippen molar-refractivity contribution in [3.05, 3.63) is 41.5 Å². The molecule has 1 unspecified atom stereocenters. The van der Waals surface area contributed by atoms with Gasteiger partial charge in [-0.05, 0) is 37.6 Å². The Morgan fingerprint density at radius 3 is 2.70 bits per heavy atom. The Morgan fingerprint density at radius 2 is 2.10 bits per heavy atom. The van der Waals surface area contributed by atoms with Crippen molar-refractivity contribution in [1.29, 1.82) is 0 Å². The Hall–Kier alpha value is -1.75. The summed E-state index contributed by atoms with van der Waals surface area (Å²) in [6.07, 6.45) is 5.47. The van der Waals surface area contributed by atoms with Crippen LogP contribution in [-0.2, 0) is 19.4 Å². The Balaban J connectivity index is 2.22. The molecule has 0 amide bonds. The van der Waals surface area contributed by atoms with Crippen molar-refractivity contribution in [2.75, 3.05) is 6.54 Å². The van der Waals surface area contributed by atoms with Crippen molar-refractivity contribution in [3.63, 3.8) is 0 Å². The largest absolute Gasteiger partial charge is 0.310 e. The minimum Gasteiger partial charge on any atom is -0.310 e. The molecule has 5 heteroatoms. The van der Waals surface area contributed by atoms with E-state index in [2.05, 4.69) is 52.1 Å². The third-order valence-corrected chi connectivity index (χ3v) is 3.45. The number of aryl methyl sites for hydroxylation is 2. The Labute approximate surface area is 120 Å². The molecule has 0 radical (unpaired) electrons. The van der Waals surface area contributed by atoms with E-state index in [1.807, 2.05) is 12.3 Å². The average Bonchev–Trinajstić information content (AvgIpc) is 2.90. The summed E-state index contributed by atoms with van der Waals surface area (Å²) in [7, 11) is 0. The highest BCUT2D eigenvalue weighted by molar-refractivity contribution is 5.18. The lowest BCUT2D eigenvalue weighted by molar-refractivity contribution is 0.514. The molecule has 0 aliphatic carbocycles. The van der Waals surface area contributed by atoms with E-state index in [-0.39, 0.29) is 6.04 Å². The van der Waals surface area contributed by atoms with Crippen LogP contribution < -0.4 is 5.32 Å². The molecule has 1 atom stereocenters. The maximum Gasteiger partial charge on any atom is 0.0624 e. The van der Waals surface area contributed by atoms with Gasteiger partial charge in [-0.1, -0.05) is 13.8 Å². The smallest absolute Gasteiger partial charge is 0.0624 e. The van der Waals surface area contributed by atoms with Crippen LogP contribution in [0.1, 0.15) is 43.8 Å². The van der Waals surface area contributed by atoms with E-state index in [0.717, 1.165) is 31.6 Å². The average molecular weight is 273 g/mol. The summed E-state index contributed by atoms with van der Waals surface area (Å²) in [5, 5.41) is 16.0. The molecule has 2 heterocycles.